The molecule has 3 aromatic carbocycles. The van der Waals surface area contributed by atoms with E-state index in [1.165, 1.54) is 17.8 Å². The van der Waals surface area contributed by atoms with Crippen molar-refractivity contribution in [3.05, 3.63) is 104 Å². The van der Waals surface area contributed by atoms with Crippen molar-refractivity contribution in [2.45, 2.75) is 0 Å². The molecule has 0 atom stereocenters. The number of amides is 1. The summed E-state index contributed by atoms with van der Waals surface area (Å²) in [6, 6.07) is 23.4. The van der Waals surface area contributed by atoms with Crippen molar-refractivity contribution in [2.24, 2.45) is 4.99 Å². The maximum absolute atomic E-state index is 13.2. The molecular weight excluding hydrogens is 466 g/mol. The van der Waals surface area contributed by atoms with E-state index in [9.17, 15) is 14.9 Å². The fraction of sp³-hybridized carbons (Fsp3) is 0. The number of benzene rings is 3. The zero-order valence-electron chi connectivity index (χ0n) is 15.4. The summed E-state index contributed by atoms with van der Waals surface area (Å²) in [5.41, 5.74) is 1.94. The number of carbonyl (C=O) groups excluding carboxylic acids is 1. The summed E-state index contributed by atoms with van der Waals surface area (Å²) in [4.78, 5) is 30.6. The van der Waals surface area contributed by atoms with Gasteiger partial charge >= 0.3 is 0 Å². The molecule has 0 spiro atoms. The smallest absolute Gasteiger partial charge is 0.268 e. The number of aliphatic imine (C=N–C) groups is 1. The predicted octanol–water partition coefficient (Wildman–Crippen LogP) is 6.17. The second-order valence-electron chi connectivity index (χ2n) is 6.28. The molecule has 0 bridgehead atoms. The molecule has 0 saturated carbocycles. The number of rotatable bonds is 4. The summed E-state index contributed by atoms with van der Waals surface area (Å²) in [6.45, 7) is 0. The highest BCUT2D eigenvalue weighted by Crippen LogP contribution is 2.38. The number of thioether (sulfide) groups is 1. The normalized spacial score (nSPS) is 16.4. The van der Waals surface area contributed by atoms with Gasteiger partial charge in [-0.05, 0) is 69.7 Å². The van der Waals surface area contributed by atoms with E-state index < -0.39 is 4.92 Å². The van der Waals surface area contributed by atoms with Crippen molar-refractivity contribution < 1.29 is 9.72 Å². The minimum Gasteiger partial charge on any atom is -0.268 e. The number of hydrogen-bond acceptors (Lipinski definition) is 5. The van der Waals surface area contributed by atoms with Gasteiger partial charge in [0.25, 0.3) is 11.6 Å². The molecule has 1 aliphatic rings. The molecule has 0 N–H and O–H groups in total. The Bertz CT molecular complexity index is 1180. The van der Waals surface area contributed by atoms with Gasteiger partial charge in [0, 0.05) is 6.07 Å². The summed E-state index contributed by atoms with van der Waals surface area (Å²) < 4.78 is 0.386. The van der Waals surface area contributed by atoms with Crippen LogP contribution in [0.4, 0.5) is 17.1 Å². The van der Waals surface area contributed by atoms with Crippen LogP contribution in [0.3, 0.4) is 0 Å². The molecule has 0 aliphatic carbocycles. The Hall–Kier alpha value is -3.23. The summed E-state index contributed by atoms with van der Waals surface area (Å²) >= 11 is 4.42. The third-order valence-electron chi connectivity index (χ3n) is 4.27. The van der Waals surface area contributed by atoms with Gasteiger partial charge in [-0.2, -0.15) is 0 Å². The highest BCUT2D eigenvalue weighted by atomic mass is 79.9. The van der Waals surface area contributed by atoms with E-state index in [-0.39, 0.29) is 11.6 Å². The average Bonchev–Trinajstić information content (AvgIpc) is 3.05. The first-order chi connectivity index (χ1) is 14.5. The number of carbonyl (C=O) groups is 1. The molecule has 0 unspecified atom stereocenters. The molecule has 4 rings (SSSR count). The van der Waals surface area contributed by atoms with E-state index in [0.717, 1.165) is 5.69 Å². The highest BCUT2D eigenvalue weighted by molar-refractivity contribution is 9.10. The van der Waals surface area contributed by atoms with Gasteiger partial charge in [-0.15, -0.1) is 0 Å². The van der Waals surface area contributed by atoms with Gasteiger partial charge in [0.2, 0.25) is 0 Å². The summed E-state index contributed by atoms with van der Waals surface area (Å²) in [5.74, 6) is -0.230. The fourth-order valence-electron chi connectivity index (χ4n) is 2.88. The van der Waals surface area contributed by atoms with Crippen LogP contribution in [0.2, 0.25) is 0 Å². The largest absolute Gasteiger partial charge is 0.284 e. The van der Waals surface area contributed by atoms with E-state index in [4.69, 9.17) is 0 Å². The van der Waals surface area contributed by atoms with Gasteiger partial charge < -0.3 is 0 Å². The van der Waals surface area contributed by atoms with Gasteiger partial charge in [-0.3, -0.25) is 19.8 Å². The van der Waals surface area contributed by atoms with Crippen LogP contribution < -0.4 is 4.90 Å². The van der Waals surface area contributed by atoms with Crippen molar-refractivity contribution in [1.82, 2.24) is 0 Å². The number of amidine groups is 1. The van der Waals surface area contributed by atoms with E-state index >= 15 is 0 Å². The second-order valence-corrected chi connectivity index (χ2v) is 8.15. The third kappa shape index (κ3) is 4.19. The Morgan fingerprint density at radius 1 is 1.00 bits per heavy atom. The number of nitro benzene ring substituents is 1. The van der Waals surface area contributed by atoms with Gasteiger partial charge in [0.05, 0.1) is 25.7 Å². The van der Waals surface area contributed by atoms with Crippen LogP contribution in [0, 0.1) is 10.1 Å². The lowest BCUT2D eigenvalue weighted by Gasteiger charge is -2.15. The maximum Gasteiger partial charge on any atom is 0.284 e. The Balaban J connectivity index is 1.77. The summed E-state index contributed by atoms with van der Waals surface area (Å²) in [7, 11) is 0. The number of nitrogens with zero attached hydrogens (tertiary/aromatic N) is 3. The lowest BCUT2D eigenvalue weighted by atomic mass is 10.2. The van der Waals surface area contributed by atoms with Gasteiger partial charge in [0.1, 0.15) is 0 Å². The first-order valence-corrected chi connectivity index (χ1v) is 10.5. The van der Waals surface area contributed by atoms with Crippen LogP contribution >= 0.6 is 27.7 Å². The molecule has 1 aliphatic heterocycles. The van der Waals surface area contributed by atoms with E-state index in [2.05, 4.69) is 20.9 Å². The van der Waals surface area contributed by atoms with Gasteiger partial charge in [-0.25, -0.2) is 4.99 Å². The summed E-state index contributed by atoms with van der Waals surface area (Å²) in [6.07, 6.45) is 1.65. The van der Waals surface area contributed by atoms with Crippen molar-refractivity contribution in [1.29, 1.82) is 0 Å². The van der Waals surface area contributed by atoms with Crippen LogP contribution in [0.1, 0.15) is 5.56 Å². The molecule has 148 valence electrons. The Morgan fingerprint density at radius 2 is 1.67 bits per heavy atom. The average molecular weight is 480 g/mol. The predicted molar refractivity (Wildman–Crippen MR) is 124 cm³/mol. The minimum absolute atomic E-state index is 0.0575. The van der Waals surface area contributed by atoms with E-state index in [1.54, 1.807) is 23.1 Å². The standard InChI is InChI=1S/C22H14BrN3O3S/c23-18-12-11-15(13-19(18)26(28)29)14-20-21(27)25(17-9-5-2-6-10-17)22(30-20)24-16-7-3-1-4-8-16/h1-14H. The number of para-hydroxylation sites is 2. The summed E-state index contributed by atoms with van der Waals surface area (Å²) in [5, 5.41) is 11.7. The second kappa shape index (κ2) is 8.64. The molecule has 3 aromatic rings. The third-order valence-corrected chi connectivity index (χ3v) is 5.91. The number of hydrogen-bond donors (Lipinski definition) is 0. The zero-order chi connectivity index (χ0) is 21.1. The van der Waals surface area contributed by atoms with E-state index in [0.29, 0.717) is 25.8 Å². The van der Waals surface area contributed by atoms with Gasteiger partial charge in [-0.1, -0.05) is 42.5 Å². The molecule has 0 aromatic heterocycles. The minimum atomic E-state index is -0.464. The Morgan fingerprint density at radius 3 is 2.33 bits per heavy atom. The molecule has 1 fully saturated rings. The molecule has 30 heavy (non-hydrogen) atoms. The number of nitro groups is 1. The number of anilines is 1. The molecule has 1 saturated heterocycles. The van der Waals surface area contributed by atoms with Crippen molar-refractivity contribution in [2.75, 3.05) is 4.90 Å². The molecule has 6 nitrogen and oxygen atoms in total. The van der Waals surface area contributed by atoms with E-state index in [1.807, 2.05) is 60.7 Å². The van der Waals surface area contributed by atoms with Crippen molar-refractivity contribution in [3.8, 4) is 0 Å². The van der Waals surface area contributed by atoms with Crippen molar-refractivity contribution in [3.63, 3.8) is 0 Å². The molecule has 0 radical (unpaired) electrons. The molecule has 1 amide bonds. The SMILES string of the molecule is O=C1C(=Cc2ccc(Br)c([N+](=O)[O-])c2)SC(=Nc2ccccc2)N1c1ccccc1. The van der Waals surface area contributed by atoms with Crippen LogP contribution in [-0.2, 0) is 4.79 Å². The Labute approximate surface area is 185 Å². The van der Waals surface area contributed by atoms with Crippen LogP contribution in [0.15, 0.2) is 93.2 Å². The van der Waals surface area contributed by atoms with Crippen LogP contribution in [-0.4, -0.2) is 16.0 Å². The Kier molecular flexibility index (Phi) is 5.78. The lowest BCUT2D eigenvalue weighted by Crippen LogP contribution is -2.28. The fourth-order valence-corrected chi connectivity index (χ4v) is 4.27. The first-order valence-electron chi connectivity index (χ1n) is 8.89. The van der Waals surface area contributed by atoms with Crippen LogP contribution in [0.25, 0.3) is 6.08 Å². The first kappa shape index (κ1) is 20.1. The maximum atomic E-state index is 13.2. The van der Waals surface area contributed by atoms with Crippen LogP contribution in [0.5, 0.6) is 0 Å². The quantitative estimate of drug-likeness (QED) is 0.254. The molecular formula is C22H14BrN3O3S. The van der Waals surface area contributed by atoms with Gasteiger partial charge in [0.15, 0.2) is 5.17 Å². The lowest BCUT2D eigenvalue weighted by molar-refractivity contribution is -0.385. The molecule has 1 heterocycles. The molecule has 8 heteroatoms. The van der Waals surface area contributed by atoms with Crippen molar-refractivity contribution >= 4 is 61.9 Å². The monoisotopic (exact) mass is 479 g/mol. The topological polar surface area (TPSA) is 75.8 Å². The zero-order valence-corrected chi connectivity index (χ0v) is 17.8. The number of halogens is 1. The highest BCUT2D eigenvalue weighted by Gasteiger charge is 2.34.